The average molecular weight is 579 g/mol. The molecule has 0 aliphatic heterocycles. The minimum Gasteiger partial charge on any atom is -0.506 e. The number of phenols is 1. The Morgan fingerprint density at radius 2 is 1.82 bits per heavy atom. The Morgan fingerprint density at radius 1 is 1.15 bits per heavy atom. The molecule has 15 heteroatoms. The zero-order chi connectivity index (χ0) is 29.3. The lowest BCUT2D eigenvalue weighted by atomic mass is 10.1. The van der Waals surface area contributed by atoms with Gasteiger partial charge in [0.2, 0.25) is 5.60 Å². The van der Waals surface area contributed by atoms with Gasteiger partial charge in [0.25, 0.3) is 10.0 Å². The van der Waals surface area contributed by atoms with E-state index in [4.69, 9.17) is 4.74 Å². The maximum Gasteiger partial charge on any atom is 0.427 e. The molecule has 10 nitrogen and oxygen atoms in total. The first-order valence-electron chi connectivity index (χ1n) is 11.5. The van der Waals surface area contributed by atoms with Crippen LogP contribution in [-0.2, 0) is 19.6 Å². The van der Waals surface area contributed by atoms with Gasteiger partial charge in [0.05, 0.1) is 23.6 Å². The minimum absolute atomic E-state index is 0.0768. The fourth-order valence-electron chi connectivity index (χ4n) is 3.68. The highest BCUT2D eigenvalue weighted by Gasteiger charge is 2.51. The SMILES string of the molecule is COc1cc(S(=O)(=O)N(CCC2CC2C(=O)O)c2cc(NC(=O)OC(C)(C)C(F)(F)F)ccc2O)ccc1F. The molecular formula is C24H26F4N2O8S. The third-order valence-corrected chi connectivity index (χ3v) is 7.98. The molecule has 3 N–H and O–H groups in total. The summed E-state index contributed by atoms with van der Waals surface area (Å²) in [6.07, 6.45) is -5.97. The number of benzene rings is 2. The number of carbonyl (C=O) groups is 2. The Kier molecular flexibility index (Phi) is 8.24. The molecule has 0 saturated heterocycles. The van der Waals surface area contributed by atoms with Crippen molar-refractivity contribution in [1.82, 2.24) is 0 Å². The van der Waals surface area contributed by atoms with Crippen molar-refractivity contribution in [2.24, 2.45) is 11.8 Å². The Bertz CT molecular complexity index is 1360. The van der Waals surface area contributed by atoms with Crippen LogP contribution >= 0.6 is 0 Å². The van der Waals surface area contributed by atoms with Crippen LogP contribution in [0.1, 0.15) is 26.7 Å². The molecule has 1 amide bonds. The second-order valence-corrected chi connectivity index (χ2v) is 11.2. The Morgan fingerprint density at radius 3 is 2.38 bits per heavy atom. The highest BCUT2D eigenvalue weighted by molar-refractivity contribution is 7.92. The zero-order valence-electron chi connectivity index (χ0n) is 21.0. The van der Waals surface area contributed by atoms with Crippen LogP contribution in [0.5, 0.6) is 11.5 Å². The number of carboxylic acid groups (broad SMARTS) is 1. The Hall–Kier alpha value is -3.75. The van der Waals surface area contributed by atoms with E-state index >= 15 is 0 Å². The van der Waals surface area contributed by atoms with Gasteiger partial charge in [-0.2, -0.15) is 13.2 Å². The molecule has 1 fully saturated rings. The van der Waals surface area contributed by atoms with E-state index < -0.39 is 56.2 Å². The molecule has 214 valence electrons. The van der Waals surface area contributed by atoms with Crippen molar-refractivity contribution in [3.8, 4) is 11.5 Å². The van der Waals surface area contributed by atoms with Gasteiger partial charge in [0.1, 0.15) is 5.75 Å². The van der Waals surface area contributed by atoms with E-state index in [1.165, 1.54) is 0 Å². The molecule has 2 unspecified atom stereocenters. The quantitative estimate of drug-likeness (QED) is 0.271. The van der Waals surface area contributed by atoms with Crippen molar-refractivity contribution in [3.05, 3.63) is 42.2 Å². The van der Waals surface area contributed by atoms with Gasteiger partial charge in [-0.1, -0.05) is 0 Å². The molecular weight excluding hydrogens is 552 g/mol. The van der Waals surface area contributed by atoms with Crippen molar-refractivity contribution in [3.63, 3.8) is 0 Å². The predicted octanol–water partition coefficient (Wildman–Crippen LogP) is 4.74. The summed E-state index contributed by atoms with van der Waals surface area (Å²) in [6.45, 7) is 0.962. The van der Waals surface area contributed by atoms with Gasteiger partial charge in [-0.25, -0.2) is 17.6 Å². The van der Waals surface area contributed by atoms with Gasteiger partial charge in [-0.15, -0.1) is 0 Å². The lowest BCUT2D eigenvalue weighted by molar-refractivity contribution is -0.242. The summed E-state index contributed by atoms with van der Waals surface area (Å²) in [7, 11) is -3.41. The monoisotopic (exact) mass is 578 g/mol. The van der Waals surface area contributed by atoms with Gasteiger partial charge < -0.3 is 19.7 Å². The number of rotatable bonds is 10. The second kappa shape index (κ2) is 10.8. The van der Waals surface area contributed by atoms with Crippen LogP contribution in [-0.4, -0.2) is 56.1 Å². The van der Waals surface area contributed by atoms with Gasteiger partial charge in [0, 0.05) is 18.3 Å². The van der Waals surface area contributed by atoms with E-state index in [-0.39, 0.29) is 36.0 Å². The molecule has 2 aromatic rings. The van der Waals surface area contributed by atoms with E-state index in [0.717, 1.165) is 47.8 Å². The molecule has 1 aliphatic carbocycles. The van der Waals surface area contributed by atoms with Crippen LogP contribution in [0.4, 0.5) is 33.7 Å². The number of aliphatic carboxylic acids is 1. The van der Waals surface area contributed by atoms with Crippen molar-refractivity contribution >= 4 is 33.5 Å². The first kappa shape index (κ1) is 29.8. The van der Waals surface area contributed by atoms with Crippen molar-refractivity contribution in [2.75, 3.05) is 23.3 Å². The molecule has 1 aliphatic rings. The van der Waals surface area contributed by atoms with Gasteiger partial charge in [0.15, 0.2) is 11.6 Å². The lowest BCUT2D eigenvalue weighted by Crippen LogP contribution is -2.44. The summed E-state index contributed by atoms with van der Waals surface area (Å²) in [4.78, 5) is 23.0. The van der Waals surface area contributed by atoms with E-state index in [9.17, 15) is 45.8 Å². The number of amides is 1. The molecule has 3 rings (SSSR count). The molecule has 0 heterocycles. The summed E-state index contributed by atoms with van der Waals surface area (Å²) in [5, 5.41) is 21.8. The summed E-state index contributed by atoms with van der Waals surface area (Å²) in [5.74, 6) is -3.82. The number of alkyl halides is 3. The molecule has 1 saturated carbocycles. The molecule has 0 aromatic heterocycles. The topological polar surface area (TPSA) is 142 Å². The summed E-state index contributed by atoms with van der Waals surface area (Å²) < 4.78 is 90.5. The highest BCUT2D eigenvalue weighted by atomic mass is 32.2. The van der Waals surface area contributed by atoms with Crippen molar-refractivity contribution < 1.29 is 55.3 Å². The largest absolute Gasteiger partial charge is 0.506 e. The number of hydrogen-bond acceptors (Lipinski definition) is 7. The number of methoxy groups -OCH3 is 1. The number of nitrogens with one attached hydrogen (secondary N) is 1. The van der Waals surface area contributed by atoms with Crippen LogP contribution in [0.25, 0.3) is 0 Å². The first-order valence-corrected chi connectivity index (χ1v) is 12.9. The Labute approximate surface area is 221 Å². The average Bonchev–Trinajstić information content (AvgIpc) is 3.60. The van der Waals surface area contributed by atoms with E-state index in [1.54, 1.807) is 0 Å². The molecule has 0 radical (unpaired) electrons. The molecule has 39 heavy (non-hydrogen) atoms. The number of hydrogen-bond donors (Lipinski definition) is 3. The second-order valence-electron chi connectivity index (χ2n) is 9.33. The van der Waals surface area contributed by atoms with E-state index in [0.29, 0.717) is 20.3 Å². The number of halogens is 4. The number of anilines is 2. The highest BCUT2D eigenvalue weighted by Crippen LogP contribution is 2.43. The smallest absolute Gasteiger partial charge is 0.427 e. The third-order valence-electron chi connectivity index (χ3n) is 6.17. The van der Waals surface area contributed by atoms with Crippen LogP contribution in [0, 0.1) is 17.7 Å². The maximum atomic E-state index is 13.9. The van der Waals surface area contributed by atoms with Gasteiger partial charge in [-0.3, -0.25) is 14.4 Å². The number of ether oxygens (including phenoxy) is 2. The van der Waals surface area contributed by atoms with Crippen LogP contribution in [0.2, 0.25) is 0 Å². The third kappa shape index (κ3) is 6.64. The number of aromatic hydroxyl groups is 1. The lowest BCUT2D eigenvalue weighted by Gasteiger charge is -2.28. The van der Waals surface area contributed by atoms with E-state index in [1.807, 2.05) is 0 Å². The summed E-state index contributed by atoms with van der Waals surface area (Å²) in [5.41, 5.74) is -3.42. The van der Waals surface area contributed by atoms with E-state index in [2.05, 4.69) is 10.1 Å². The molecule has 2 atom stereocenters. The summed E-state index contributed by atoms with van der Waals surface area (Å²) in [6, 6.07) is 5.86. The van der Waals surface area contributed by atoms with Crippen LogP contribution in [0.3, 0.4) is 0 Å². The fourth-order valence-corrected chi connectivity index (χ4v) is 5.19. The number of nitrogens with zero attached hydrogens (tertiary/aromatic N) is 1. The zero-order valence-corrected chi connectivity index (χ0v) is 21.8. The van der Waals surface area contributed by atoms with Crippen LogP contribution < -0.4 is 14.4 Å². The number of carboxylic acids is 1. The first-order chi connectivity index (χ1) is 18.0. The Balaban J connectivity index is 1.97. The number of sulfonamides is 1. The predicted molar refractivity (Wildman–Crippen MR) is 130 cm³/mol. The van der Waals surface area contributed by atoms with Crippen LogP contribution in [0.15, 0.2) is 41.3 Å². The fraction of sp³-hybridized carbons (Fsp3) is 0.417. The number of phenolic OH excluding ortho intramolecular Hbond substituents is 1. The standard InChI is InChI=1S/C24H26F4N2O8S/c1-23(2,24(26,27)28)38-22(34)29-14-4-7-19(31)18(11-14)30(9-8-13-10-16(13)21(32)33)39(35,36)15-5-6-17(25)20(12-15)37-3/h4-7,11-13,16,31H,8-10H2,1-3H3,(H,29,34)(H,32,33). The molecule has 2 aromatic carbocycles. The van der Waals surface area contributed by atoms with Crippen molar-refractivity contribution in [1.29, 1.82) is 0 Å². The molecule has 0 bridgehead atoms. The number of carbonyl (C=O) groups excluding carboxylic acids is 1. The molecule has 0 spiro atoms. The summed E-state index contributed by atoms with van der Waals surface area (Å²) >= 11 is 0. The van der Waals surface area contributed by atoms with Gasteiger partial charge in [-0.05, 0) is 62.9 Å². The van der Waals surface area contributed by atoms with Gasteiger partial charge >= 0.3 is 18.2 Å². The maximum absolute atomic E-state index is 13.9. The van der Waals surface area contributed by atoms with Crippen molar-refractivity contribution in [2.45, 2.75) is 43.4 Å². The normalized spacial score (nSPS) is 17.3. The minimum atomic E-state index is -4.87.